The molecule has 1 aliphatic rings. The van der Waals surface area contributed by atoms with Gasteiger partial charge in [0, 0.05) is 19.2 Å². The van der Waals surface area contributed by atoms with Gasteiger partial charge in [-0.15, -0.1) is 0 Å². The molecule has 0 aliphatic carbocycles. The first-order valence-corrected chi connectivity index (χ1v) is 14.8. The summed E-state index contributed by atoms with van der Waals surface area (Å²) < 4.78 is 53.6. The minimum Gasteiger partial charge on any atom is -0.486 e. The van der Waals surface area contributed by atoms with E-state index in [1.807, 2.05) is 13.8 Å². The maximum Gasteiger partial charge on any atom is 0.264 e. The minimum atomic E-state index is -4.22. The summed E-state index contributed by atoms with van der Waals surface area (Å²) in [6, 6.07) is 17.1. The Hall–Kier alpha value is -4.12. The van der Waals surface area contributed by atoms with Crippen LogP contribution in [0.25, 0.3) is 0 Å². The summed E-state index contributed by atoms with van der Waals surface area (Å²) in [6.07, 6.45) is 0. The largest absolute Gasteiger partial charge is 0.486 e. The summed E-state index contributed by atoms with van der Waals surface area (Å²) in [6.45, 7) is 5.93. The number of hydrogen-bond acceptors (Lipinski definition) is 6. The Kier molecular flexibility index (Phi) is 9.49. The van der Waals surface area contributed by atoms with Crippen LogP contribution in [-0.4, -0.2) is 57.5 Å². The van der Waals surface area contributed by atoms with E-state index < -0.39 is 34.3 Å². The Morgan fingerprint density at radius 3 is 2.24 bits per heavy atom. The summed E-state index contributed by atoms with van der Waals surface area (Å²) in [4.78, 5) is 28.3. The van der Waals surface area contributed by atoms with E-state index in [2.05, 4.69) is 5.32 Å². The van der Waals surface area contributed by atoms with Crippen LogP contribution in [0.2, 0.25) is 0 Å². The molecule has 9 nitrogen and oxygen atoms in total. The number of sulfonamides is 1. The number of rotatable bonds is 11. The second-order valence-corrected chi connectivity index (χ2v) is 12.0. The second-order valence-electron chi connectivity index (χ2n) is 10.1. The summed E-state index contributed by atoms with van der Waals surface area (Å²) in [7, 11) is -4.22. The third-order valence-electron chi connectivity index (χ3n) is 6.54. The number of amides is 2. The van der Waals surface area contributed by atoms with Crippen LogP contribution in [0.1, 0.15) is 26.3 Å². The molecule has 41 heavy (non-hydrogen) atoms. The van der Waals surface area contributed by atoms with Gasteiger partial charge in [0.15, 0.2) is 11.5 Å². The van der Waals surface area contributed by atoms with Crippen LogP contribution < -0.4 is 19.1 Å². The fourth-order valence-corrected chi connectivity index (χ4v) is 5.68. The number of nitrogens with one attached hydrogen (secondary N) is 1. The summed E-state index contributed by atoms with van der Waals surface area (Å²) in [5.74, 6) is -0.417. The van der Waals surface area contributed by atoms with Gasteiger partial charge >= 0.3 is 0 Å². The van der Waals surface area contributed by atoms with Crippen LogP contribution in [0.3, 0.4) is 0 Å². The lowest BCUT2D eigenvalue weighted by atomic mass is 10.1. The van der Waals surface area contributed by atoms with Crippen molar-refractivity contribution in [2.24, 2.45) is 5.92 Å². The number of anilines is 1. The Bertz CT molecular complexity index is 1470. The van der Waals surface area contributed by atoms with E-state index in [1.54, 1.807) is 37.3 Å². The smallest absolute Gasteiger partial charge is 0.264 e. The first-order valence-electron chi connectivity index (χ1n) is 13.4. The molecule has 0 bridgehead atoms. The lowest BCUT2D eigenvalue weighted by Gasteiger charge is -2.32. The highest BCUT2D eigenvalue weighted by Crippen LogP contribution is 2.36. The van der Waals surface area contributed by atoms with Crippen molar-refractivity contribution in [2.45, 2.75) is 38.3 Å². The normalized spacial score (nSPS) is 13.4. The monoisotopic (exact) mass is 583 g/mol. The zero-order valence-electron chi connectivity index (χ0n) is 23.2. The van der Waals surface area contributed by atoms with E-state index in [0.29, 0.717) is 36.8 Å². The molecule has 0 radical (unpaired) electrons. The summed E-state index contributed by atoms with van der Waals surface area (Å²) in [5.41, 5.74) is 0.783. The van der Waals surface area contributed by atoms with Crippen LogP contribution in [0.5, 0.6) is 11.5 Å². The molecule has 0 aromatic heterocycles. The number of nitrogens with zero attached hydrogens (tertiary/aromatic N) is 2. The molecule has 1 atom stereocenters. The first-order chi connectivity index (χ1) is 19.6. The average Bonchev–Trinajstić information content (AvgIpc) is 2.98. The maximum atomic E-state index is 14.0. The molecule has 218 valence electrons. The van der Waals surface area contributed by atoms with Crippen molar-refractivity contribution in [3.63, 3.8) is 0 Å². The van der Waals surface area contributed by atoms with E-state index in [-0.39, 0.29) is 29.0 Å². The highest BCUT2D eigenvalue weighted by molar-refractivity contribution is 7.92. The predicted molar refractivity (Wildman–Crippen MR) is 153 cm³/mol. The number of fused-ring (bicyclic) bond motifs is 1. The molecule has 3 aromatic rings. The molecule has 0 unspecified atom stereocenters. The van der Waals surface area contributed by atoms with Gasteiger partial charge in [0.25, 0.3) is 10.0 Å². The molecule has 2 amide bonds. The van der Waals surface area contributed by atoms with Gasteiger partial charge in [-0.1, -0.05) is 44.2 Å². The van der Waals surface area contributed by atoms with E-state index >= 15 is 0 Å². The van der Waals surface area contributed by atoms with Gasteiger partial charge < -0.3 is 19.7 Å². The Morgan fingerprint density at radius 1 is 0.927 bits per heavy atom. The molecule has 0 fully saturated rings. The Labute approximate surface area is 239 Å². The SMILES string of the molecule is CC(C)CNC(=O)[C@H](C)N(Cc1ccc(F)cc1)C(=O)CN(c1ccc2c(c1)OCCO2)S(=O)(=O)c1ccccc1. The van der Waals surface area contributed by atoms with Gasteiger partial charge in [0.05, 0.1) is 10.6 Å². The molecular formula is C30H34FN3O6S. The molecule has 0 saturated carbocycles. The van der Waals surface area contributed by atoms with Gasteiger partial charge in [-0.25, -0.2) is 12.8 Å². The number of carbonyl (C=O) groups excluding carboxylic acids is 2. The number of benzene rings is 3. The molecule has 0 spiro atoms. The van der Waals surface area contributed by atoms with E-state index in [0.717, 1.165) is 4.31 Å². The van der Waals surface area contributed by atoms with Crippen molar-refractivity contribution in [3.8, 4) is 11.5 Å². The van der Waals surface area contributed by atoms with Crippen molar-refractivity contribution in [2.75, 3.05) is 30.6 Å². The molecule has 0 saturated heterocycles. The van der Waals surface area contributed by atoms with Crippen molar-refractivity contribution >= 4 is 27.5 Å². The van der Waals surface area contributed by atoms with Crippen LogP contribution in [0.15, 0.2) is 77.7 Å². The third kappa shape index (κ3) is 7.35. The van der Waals surface area contributed by atoms with Crippen LogP contribution >= 0.6 is 0 Å². The minimum absolute atomic E-state index is 0.00417. The number of halogens is 1. The molecule has 1 heterocycles. The van der Waals surface area contributed by atoms with Gasteiger partial charge in [-0.05, 0) is 54.8 Å². The number of hydrogen-bond donors (Lipinski definition) is 1. The molecule has 4 rings (SSSR count). The average molecular weight is 584 g/mol. The maximum absolute atomic E-state index is 14.0. The highest BCUT2D eigenvalue weighted by Gasteiger charge is 2.33. The van der Waals surface area contributed by atoms with Crippen molar-refractivity contribution in [3.05, 3.63) is 84.2 Å². The molecule has 11 heteroatoms. The zero-order chi connectivity index (χ0) is 29.6. The highest BCUT2D eigenvalue weighted by atomic mass is 32.2. The van der Waals surface area contributed by atoms with Gasteiger partial charge in [0.2, 0.25) is 11.8 Å². The molecule has 1 N–H and O–H groups in total. The Balaban J connectivity index is 1.71. The molecule has 1 aliphatic heterocycles. The summed E-state index contributed by atoms with van der Waals surface area (Å²) >= 11 is 0. The third-order valence-corrected chi connectivity index (χ3v) is 8.33. The molecular weight excluding hydrogens is 549 g/mol. The van der Waals surface area contributed by atoms with Crippen molar-refractivity contribution in [1.29, 1.82) is 0 Å². The lowest BCUT2D eigenvalue weighted by Crippen LogP contribution is -2.51. The fraction of sp³-hybridized carbons (Fsp3) is 0.333. The Morgan fingerprint density at radius 2 is 1.59 bits per heavy atom. The number of carbonyl (C=O) groups is 2. The van der Waals surface area contributed by atoms with Gasteiger partial charge in [-0.3, -0.25) is 13.9 Å². The standard InChI is InChI=1S/C30H34FN3O6S/c1-21(2)18-32-30(36)22(3)33(19-23-9-11-24(31)12-10-23)29(35)20-34(41(37,38)26-7-5-4-6-8-26)25-13-14-27-28(17-25)40-16-15-39-27/h4-14,17,21-22H,15-16,18-20H2,1-3H3,(H,32,36)/t22-/m0/s1. The summed E-state index contributed by atoms with van der Waals surface area (Å²) in [5, 5.41) is 2.83. The topological polar surface area (TPSA) is 105 Å². The van der Waals surface area contributed by atoms with E-state index in [1.165, 1.54) is 47.4 Å². The first kappa shape index (κ1) is 29.9. The molecule has 3 aromatic carbocycles. The zero-order valence-corrected chi connectivity index (χ0v) is 24.1. The van der Waals surface area contributed by atoms with Crippen LogP contribution in [0.4, 0.5) is 10.1 Å². The van der Waals surface area contributed by atoms with Crippen molar-refractivity contribution < 1.29 is 31.9 Å². The number of ether oxygens (including phenoxy) is 2. The van der Waals surface area contributed by atoms with Crippen LogP contribution in [-0.2, 0) is 26.2 Å². The van der Waals surface area contributed by atoms with Crippen LogP contribution in [0, 0.1) is 11.7 Å². The lowest BCUT2D eigenvalue weighted by molar-refractivity contribution is -0.139. The van der Waals surface area contributed by atoms with Crippen molar-refractivity contribution in [1.82, 2.24) is 10.2 Å². The van der Waals surface area contributed by atoms with E-state index in [9.17, 15) is 22.4 Å². The van der Waals surface area contributed by atoms with Gasteiger partial charge in [0.1, 0.15) is 31.6 Å². The second kappa shape index (κ2) is 13.0. The predicted octanol–water partition coefficient (Wildman–Crippen LogP) is 3.98. The quantitative estimate of drug-likeness (QED) is 0.366. The van der Waals surface area contributed by atoms with E-state index in [4.69, 9.17) is 9.47 Å². The van der Waals surface area contributed by atoms with Gasteiger partial charge in [-0.2, -0.15) is 0 Å². The fourth-order valence-electron chi connectivity index (χ4n) is 4.26.